The van der Waals surface area contributed by atoms with Gasteiger partial charge in [0, 0.05) is 42.5 Å². The topological polar surface area (TPSA) is 61.0 Å². The summed E-state index contributed by atoms with van der Waals surface area (Å²) in [6, 6.07) is 5.36. The maximum atomic E-state index is 13.1. The number of carbonyl (C=O) groups excluding carboxylic acids is 1. The van der Waals surface area contributed by atoms with Gasteiger partial charge < -0.3 is 10.2 Å². The quantitative estimate of drug-likeness (QED) is 0.884. The minimum atomic E-state index is -0.964. The zero-order chi connectivity index (χ0) is 16.9. The Morgan fingerprint density at radius 2 is 2.04 bits per heavy atom. The summed E-state index contributed by atoms with van der Waals surface area (Å²) in [5, 5.41) is 9.60. The van der Waals surface area contributed by atoms with Crippen LogP contribution in [0.2, 0.25) is 0 Å². The average Bonchev–Trinajstić information content (AvgIpc) is 3.11. The van der Waals surface area contributed by atoms with Crippen LogP contribution in [0.1, 0.15) is 30.9 Å². The highest BCUT2D eigenvalue weighted by Gasteiger charge is 2.21. The van der Waals surface area contributed by atoms with Crippen LogP contribution in [-0.4, -0.2) is 40.6 Å². The molecule has 0 spiro atoms. The summed E-state index contributed by atoms with van der Waals surface area (Å²) < 4.78 is 26.0. The van der Waals surface area contributed by atoms with E-state index in [1.165, 1.54) is 11.8 Å². The number of rotatable bonds is 5. The molecule has 2 N–H and O–H groups in total. The molecule has 1 amide bonds. The fourth-order valence-electron chi connectivity index (χ4n) is 3.02. The fourth-order valence-corrected chi connectivity index (χ4v) is 3.02. The first kappa shape index (κ1) is 16.6. The van der Waals surface area contributed by atoms with Crippen molar-refractivity contribution in [2.24, 2.45) is 0 Å². The van der Waals surface area contributed by atoms with Gasteiger partial charge in [0.25, 0.3) is 0 Å². The first-order valence-electron chi connectivity index (χ1n) is 8.08. The Hall–Kier alpha value is -2.28. The summed E-state index contributed by atoms with van der Waals surface area (Å²) in [4.78, 5) is 14.2. The van der Waals surface area contributed by atoms with Gasteiger partial charge in [0.15, 0.2) is 11.6 Å². The van der Waals surface area contributed by atoms with E-state index >= 15 is 0 Å². The van der Waals surface area contributed by atoms with Crippen LogP contribution in [0.5, 0.6) is 0 Å². The number of benzene rings is 1. The van der Waals surface area contributed by atoms with Gasteiger partial charge in [0.05, 0.1) is 0 Å². The lowest BCUT2D eigenvalue weighted by atomic mass is 9.93. The van der Waals surface area contributed by atoms with Crippen molar-refractivity contribution < 1.29 is 13.6 Å². The zero-order valence-corrected chi connectivity index (χ0v) is 13.3. The Kier molecular flexibility index (Phi) is 5.20. The number of nitrogens with zero attached hydrogens (tertiary/aromatic N) is 2. The standard InChI is InChI=1S/C17H20F2N4O/c18-14-2-1-13(11-15(14)19)21-17(24)6-10-23-8-4-12(5-9-23)16-3-7-20-22-16/h1-3,7,11-12H,4-6,8-10H2,(H,20,22)(H,21,24). The highest BCUT2D eigenvalue weighted by atomic mass is 19.2. The minimum absolute atomic E-state index is 0.198. The Labute approximate surface area is 139 Å². The Morgan fingerprint density at radius 3 is 2.71 bits per heavy atom. The van der Waals surface area contributed by atoms with Crippen LogP contribution < -0.4 is 5.32 Å². The van der Waals surface area contributed by atoms with Gasteiger partial charge in [-0.05, 0) is 44.1 Å². The number of halogens is 2. The third-order valence-corrected chi connectivity index (χ3v) is 4.41. The number of amides is 1. The van der Waals surface area contributed by atoms with Crippen molar-refractivity contribution in [3.63, 3.8) is 0 Å². The van der Waals surface area contributed by atoms with Crippen molar-refractivity contribution in [2.75, 3.05) is 25.0 Å². The number of anilines is 1. The van der Waals surface area contributed by atoms with E-state index in [4.69, 9.17) is 0 Å². The summed E-state index contributed by atoms with van der Waals surface area (Å²) in [6.45, 7) is 2.52. The van der Waals surface area contributed by atoms with E-state index in [0.717, 1.165) is 38.1 Å². The molecule has 7 heteroatoms. The third kappa shape index (κ3) is 4.17. The molecule has 0 aliphatic carbocycles. The Bertz CT molecular complexity index is 682. The van der Waals surface area contributed by atoms with E-state index in [0.29, 0.717) is 18.9 Å². The van der Waals surface area contributed by atoms with Crippen LogP contribution in [0.25, 0.3) is 0 Å². The lowest BCUT2D eigenvalue weighted by molar-refractivity contribution is -0.116. The second-order valence-electron chi connectivity index (χ2n) is 6.05. The molecule has 0 saturated carbocycles. The van der Waals surface area contributed by atoms with Crippen molar-refractivity contribution in [1.29, 1.82) is 0 Å². The normalized spacial score (nSPS) is 16.2. The van der Waals surface area contributed by atoms with Crippen molar-refractivity contribution in [2.45, 2.75) is 25.2 Å². The van der Waals surface area contributed by atoms with Gasteiger partial charge in [0.2, 0.25) is 5.91 Å². The molecule has 1 saturated heterocycles. The van der Waals surface area contributed by atoms with E-state index in [9.17, 15) is 13.6 Å². The van der Waals surface area contributed by atoms with E-state index in [2.05, 4.69) is 20.4 Å². The van der Waals surface area contributed by atoms with E-state index in [1.54, 1.807) is 6.20 Å². The largest absolute Gasteiger partial charge is 0.326 e. The zero-order valence-electron chi connectivity index (χ0n) is 13.3. The number of H-pyrrole nitrogens is 1. The molecule has 1 aliphatic heterocycles. The molecule has 3 rings (SSSR count). The van der Waals surface area contributed by atoms with E-state index in [-0.39, 0.29) is 11.6 Å². The molecule has 1 aliphatic rings. The number of nitrogens with one attached hydrogen (secondary N) is 2. The van der Waals surface area contributed by atoms with Gasteiger partial charge in [-0.3, -0.25) is 9.89 Å². The van der Waals surface area contributed by atoms with Crippen molar-refractivity contribution in [3.8, 4) is 0 Å². The first-order valence-corrected chi connectivity index (χ1v) is 8.08. The molecule has 128 valence electrons. The third-order valence-electron chi connectivity index (χ3n) is 4.41. The number of likely N-dealkylation sites (tertiary alicyclic amines) is 1. The summed E-state index contributed by atoms with van der Waals surface area (Å²) >= 11 is 0. The van der Waals surface area contributed by atoms with Crippen molar-refractivity contribution >= 4 is 11.6 Å². The molecule has 0 bridgehead atoms. The van der Waals surface area contributed by atoms with E-state index < -0.39 is 11.6 Å². The van der Waals surface area contributed by atoms with Crippen LogP contribution in [0.15, 0.2) is 30.5 Å². The number of piperidine rings is 1. The summed E-state index contributed by atoms with van der Waals surface area (Å²) in [7, 11) is 0. The van der Waals surface area contributed by atoms with Gasteiger partial charge in [-0.25, -0.2) is 8.78 Å². The molecular weight excluding hydrogens is 314 g/mol. The van der Waals surface area contributed by atoms with Crippen LogP contribution >= 0.6 is 0 Å². The van der Waals surface area contributed by atoms with Crippen molar-refractivity contribution in [3.05, 3.63) is 47.8 Å². The number of hydrogen-bond donors (Lipinski definition) is 2. The monoisotopic (exact) mass is 334 g/mol. The highest BCUT2D eigenvalue weighted by molar-refractivity contribution is 5.90. The molecule has 2 heterocycles. The maximum absolute atomic E-state index is 13.1. The summed E-state index contributed by atoms with van der Waals surface area (Å²) in [5.41, 5.74) is 1.45. The molecule has 1 aromatic heterocycles. The molecule has 0 unspecified atom stereocenters. The minimum Gasteiger partial charge on any atom is -0.326 e. The predicted octanol–water partition coefficient (Wildman–Crippen LogP) is 2.90. The predicted molar refractivity (Wildman–Crippen MR) is 86.6 cm³/mol. The van der Waals surface area contributed by atoms with Crippen LogP contribution in [0.3, 0.4) is 0 Å². The van der Waals surface area contributed by atoms with E-state index in [1.807, 2.05) is 6.07 Å². The Balaban J connectivity index is 1.41. The molecular formula is C17H20F2N4O. The molecule has 2 aromatic rings. The molecule has 0 radical (unpaired) electrons. The molecule has 0 atom stereocenters. The number of hydrogen-bond acceptors (Lipinski definition) is 3. The van der Waals surface area contributed by atoms with Crippen molar-refractivity contribution in [1.82, 2.24) is 15.1 Å². The average molecular weight is 334 g/mol. The summed E-state index contributed by atoms with van der Waals surface area (Å²) in [6.07, 6.45) is 4.16. The molecule has 1 fully saturated rings. The lowest BCUT2D eigenvalue weighted by Gasteiger charge is -2.31. The second-order valence-corrected chi connectivity index (χ2v) is 6.05. The first-order chi connectivity index (χ1) is 11.6. The van der Waals surface area contributed by atoms with Gasteiger partial charge in [-0.15, -0.1) is 0 Å². The van der Waals surface area contributed by atoms with Crippen LogP contribution in [0, 0.1) is 11.6 Å². The summed E-state index contributed by atoms with van der Waals surface area (Å²) in [5.74, 6) is -1.58. The SMILES string of the molecule is O=C(CCN1CCC(c2ccn[nH]2)CC1)Nc1ccc(F)c(F)c1. The van der Waals surface area contributed by atoms with Gasteiger partial charge >= 0.3 is 0 Å². The number of carbonyl (C=O) groups is 1. The molecule has 24 heavy (non-hydrogen) atoms. The second kappa shape index (κ2) is 7.53. The van der Waals surface area contributed by atoms with Gasteiger partial charge in [-0.1, -0.05) is 0 Å². The number of aromatic amines is 1. The Morgan fingerprint density at radius 1 is 1.25 bits per heavy atom. The maximum Gasteiger partial charge on any atom is 0.225 e. The number of aromatic nitrogens is 2. The lowest BCUT2D eigenvalue weighted by Crippen LogP contribution is -2.35. The van der Waals surface area contributed by atoms with Gasteiger partial charge in [-0.2, -0.15) is 5.10 Å². The van der Waals surface area contributed by atoms with Crippen LogP contribution in [0.4, 0.5) is 14.5 Å². The molecule has 5 nitrogen and oxygen atoms in total. The fraction of sp³-hybridized carbons (Fsp3) is 0.412. The smallest absolute Gasteiger partial charge is 0.225 e. The van der Waals surface area contributed by atoms with Gasteiger partial charge in [0.1, 0.15) is 0 Å². The highest BCUT2D eigenvalue weighted by Crippen LogP contribution is 2.26. The van der Waals surface area contributed by atoms with Crippen LogP contribution in [-0.2, 0) is 4.79 Å². The molecule has 1 aromatic carbocycles.